The van der Waals surface area contributed by atoms with Crippen LogP contribution in [0.4, 0.5) is 0 Å². The largest absolute Gasteiger partial charge is 2.00 e. The summed E-state index contributed by atoms with van der Waals surface area (Å²) >= 11 is 0. The summed E-state index contributed by atoms with van der Waals surface area (Å²) in [6.07, 6.45) is 0.222. The molecule has 0 spiro atoms. The minimum Gasteiger partial charge on any atom is -0.550 e. The summed E-state index contributed by atoms with van der Waals surface area (Å²) in [6.45, 7) is 3.07. The molecule has 0 aromatic carbocycles. The zero-order valence-electron chi connectivity index (χ0n) is 10.1. The standard InChI is InChI=1S/2C3H6O2.C2H2O4.2Ca/c2*1-2-3(4)5;3-1(4)2(5)6;;/h2*2H2,1H3,(H,4,5);(H,3,4)(H,5,6);;/q;;;2*+2/p-4. The van der Waals surface area contributed by atoms with Crippen LogP contribution < -0.4 is 20.4 Å². The van der Waals surface area contributed by atoms with Gasteiger partial charge < -0.3 is 39.6 Å². The number of carbonyl (C=O) groups is 4. The van der Waals surface area contributed by atoms with Crippen LogP contribution >= 0.6 is 0 Å². The normalized spacial score (nSPS) is 6.56. The number of hydrogen-bond acceptors (Lipinski definition) is 8. The molecule has 0 N–H and O–H groups in total. The molecule has 0 aliphatic heterocycles. The molecule has 0 aromatic heterocycles. The topological polar surface area (TPSA) is 161 Å². The summed E-state index contributed by atoms with van der Waals surface area (Å²) in [5.41, 5.74) is 0. The first kappa shape index (κ1) is 31.0. The molecule has 0 saturated carbocycles. The Labute approximate surface area is 163 Å². The van der Waals surface area contributed by atoms with Crippen molar-refractivity contribution in [2.24, 2.45) is 0 Å². The third-order valence-corrected chi connectivity index (χ3v) is 0.744. The number of rotatable bonds is 2. The van der Waals surface area contributed by atoms with E-state index in [1.54, 1.807) is 0 Å². The number of hydrogen-bond donors (Lipinski definition) is 0. The van der Waals surface area contributed by atoms with Gasteiger partial charge in [-0.15, -0.1) is 0 Å². The third kappa shape index (κ3) is 55.1. The molecule has 10 heteroatoms. The monoisotopic (exact) mass is 314 g/mol. The van der Waals surface area contributed by atoms with Gasteiger partial charge in [-0.05, 0) is 12.8 Å². The first-order chi connectivity index (χ1) is 7.18. The first-order valence-corrected chi connectivity index (χ1v) is 4.00. The fourth-order valence-corrected chi connectivity index (χ4v) is 0. The van der Waals surface area contributed by atoms with Gasteiger partial charge in [0, 0.05) is 11.9 Å². The Morgan fingerprint density at radius 1 is 0.667 bits per heavy atom. The second kappa shape index (κ2) is 22.6. The molecule has 0 fully saturated rings. The molecule has 18 heavy (non-hydrogen) atoms. The Balaban J connectivity index is -0.0000000447. The number of aliphatic carboxylic acids is 4. The van der Waals surface area contributed by atoms with E-state index in [1.807, 2.05) is 0 Å². The van der Waals surface area contributed by atoms with Crippen LogP contribution in [-0.4, -0.2) is 99.4 Å². The van der Waals surface area contributed by atoms with Crippen LogP contribution in [0.2, 0.25) is 0 Å². The fourth-order valence-electron chi connectivity index (χ4n) is 0. The molecular formula is C8H10Ca2O8. The second-order valence-corrected chi connectivity index (χ2v) is 2.03. The van der Waals surface area contributed by atoms with E-state index in [2.05, 4.69) is 0 Å². The van der Waals surface area contributed by atoms with Gasteiger partial charge in [-0.25, -0.2) is 0 Å². The maximum Gasteiger partial charge on any atom is 2.00 e. The molecule has 8 nitrogen and oxygen atoms in total. The zero-order chi connectivity index (χ0) is 13.7. The molecule has 0 bridgehead atoms. The molecule has 0 aromatic rings. The summed E-state index contributed by atoms with van der Waals surface area (Å²) in [4.78, 5) is 36.4. The quantitative estimate of drug-likeness (QED) is 0.359. The Morgan fingerprint density at radius 3 is 0.778 bits per heavy atom. The van der Waals surface area contributed by atoms with Gasteiger partial charge in [0.15, 0.2) is 0 Å². The molecule has 0 radical (unpaired) electrons. The number of carboxylic acid groups (broad SMARTS) is 4. The third-order valence-electron chi connectivity index (χ3n) is 0.744. The Morgan fingerprint density at radius 2 is 0.778 bits per heavy atom. The average Bonchev–Trinajstić information content (AvgIpc) is 2.19. The minimum atomic E-state index is -2.19. The van der Waals surface area contributed by atoms with Crippen LogP contribution in [-0.2, 0) is 19.2 Å². The summed E-state index contributed by atoms with van der Waals surface area (Å²) in [5.74, 6) is -6.36. The van der Waals surface area contributed by atoms with Crippen LogP contribution in [0.25, 0.3) is 0 Å². The van der Waals surface area contributed by atoms with E-state index in [4.69, 9.17) is 19.8 Å². The van der Waals surface area contributed by atoms with E-state index in [-0.39, 0.29) is 88.3 Å². The molecule has 0 unspecified atom stereocenters. The van der Waals surface area contributed by atoms with Crippen molar-refractivity contribution in [2.45, 2.75) is 26.7 Å². The van der Waals surface area contributed by atoms with E-state index >= 15 is 0 Å². The van der Waals surface area contributed by atoms with Crippen molar-refractivity contribution >= 4 is 99.4 Å². The van der Waals surface area contributed by atoms with Crippen molar-refractivity contribution in [3.05, 3.63) is 0 Å². The Bertz CT molecular complexity index is 227. The maximum absolute atomic E-state index is 9.26. The van der Waals surface area contributed by atoms with Crippen molar-refractivity contribution in [1.29, 1.82) is 0 Å². The van der Waals surface area contributed by atoms with Gasteiger partial charge >= 0.3 is 75.5 Å². The van der Waals surface area contributed by atoms with E-state index in [0.29, 0.717) is 0 Å². The van der Waals surface area contributed by atoms with Gasteiger partial charge in [0.1, 0.15) is 0 Å². The van der Waals surface area contributed by atoms with Gasteiger partial charge in [0.2, 0.25) is 0 Å². The Hall–Kier alpha value is 0.399. The van der Waals surface area contributed by atoms with Crippen LogP contribution in [0.15, 0.2) is 0 Å². The number of carboxylic acids is 4. The first-order valence-electron chi connectivity index (χ1n) is 4.00. The molecule has 0 aliphatic carbocycles. The summed E-state index contributed by atoms with van der Waals surface area (Å²) in [5, 5.41) is 36.4. The average molecular weight is 314 g/mol. The van der Waals surface area contributed by atoms with Gasteiger partial charge in [-0.2, -0.15) is 0 Å². The van der Waals surface area contributed by atoms with Gasteiger partial charge in [0.25, 0.3) is 0 Å². The van der Waals surface area contributed by atoms with Crippen molar-refractivity contribution < 1.29 is 39.6 Å². The minimum absolute atomic E-state index is 0. The molecule has 0 atom stereocenters. The SMILES string of the molecule is CCC(=O)[O-].CCC(=O)[O-].O=C([O-])C(=O)[O-].[Ca+2].[Ca+2]. The zero-order valence-corrected chi connectivity index (χ0v) is 14.5. The van der Waals surface area contributed by atoms with E-state index < -0.39 is 23.9 Å². The van der Waals surface area contributed by atoms with Crippen LogP contribution in [0.3, 0.4) is 0 Å². The smallest absolute Gasteiger partial charge is 0.550 e. The fraction of sp³-hybridized carbons (Fsp3) is 0.500. The van der Waals surface area contributed by atoms with Crippen LogP contribution in [0.1, 0.15) is 26.7 Å². The van der Waals surface area contributed by atoms with Crippen molar-refractivity contribution in [1.82, 2.24) is 0 Å². The van der Waals surface area contributed by atoms with Gasteiger partial charge in [-0.1, -0.05) is 13.8 Å². The molecule has 94 valence electrons. The van der Waals surface area contributed by atoms with E-state index in [0.717, 1.165) is 0 Å². The van der Waals surface area contributed by atoms with E-state index in [9.17, 15) is 19.8 Å². The molecule has 0 saturated heterocycles. The molecule has 0 amide bonds. The maximum atomic E-state index is 9.26. The molecule has 0 heterocycles. The van der Waals surface area contributed by atoms with Crippen LogP contribution in [0.5, 0.6) is 0 Å². The van der Waals surface area contributed by atoms with E-state index in [1.165, 1.54) is 13.8 Å². The van der Waals surface area contributed by atoms with Crippen LogP contribution in [0, 0.1) is 0 Å². The Kier molecular flexibility index (Phi) is 38.9. The number of carbonyl (C=O) groups excluding carboxylic acids is 4. The summed E-state index contributed by atoms with van der Waals surface area (Å²) < 4.78 is 0. The molecule has 0 aliphatic rings. The predicted molar refractivity (Wildman–Crippen MR) is 52.1 cm³/mol. The van der Waals surface area contributed by atoms with Crippen molar-refractivity contribution in [3.63, 3.8) is 0 Å². The predicted octanol–water partition coefficient (Wildman–Crippen LogP) is -5.98. The van der Waals surface area contributed by atoms with Gasteiger partial charge in [-0.3, -0.25) is 0 Å². The molecular weight excluding hydrogens is 304 g/mol. The summed E-state index contributed by atoms with van der Waals surface area (Å²) in [6, 6.07) is 0. The summed E-state index contributed by atoms with van der Waals surface area (Å²) in [7, 11) is 0. The molecule has 0 rings (SSSR count). The van der Waals surface area contributed by atoms with Crippen molar-refractivity contribution in [3.8, 4) is 0 Å². The van der Waals surface area contributed by atoms with Crippen molar-refractivity contribution in [2.75, 3.05) is 0 Å². The van der Waals surface area contributed by atoms with Gasteiger partial charge in [0.05, 0.1) is 11.9 Å². The second-order valence-electron chi connectivity index (χ2n) is 2.03.